The summed E-state index contributed by atoms with van der Waals surface area (Å²) in [6, 6.07) is 15.1. The average Bonchev–Trinajstić information content (AvgIpc) is 3.11. The Morgan fingerprint density at radius 3 is 2.67 bits per heavy atom. The first-order chi connectivity index (χ1) is 13.0. The SMILES string of the molecule is COc1ccc(S(=O)(=O)N2CCCCC2c2cc3ccccc3[nH]2)c(C)c1. The van der Waals surface area contributed by atoms with Crippen LogP contribution in [0, 0.1) is 6.92 Å². The first-order valence-electron chi connectivity index (χ1n) is 9.25. The van der Waals surface area contributed by atoms with Crippen LogP contribution < -0.4 is 4.74 Å². The van der Waals surface area contributed by atoms with Gasteiger partial charge in [-0.25, -0.2) is 8.42 Å². The highest BCUT2D eigenvalue weighted by molar-refractivity contribution is 7.89. The molecule has 0 bridgehead atoms. The van der Waals surface area contributed by atoms with Gasteiger partial charge in [0.15, 0.2) is 0 Å². The number of nitrogens with zero attached hydrogens (tertiary/aromatic N) is 1. The second-order valence-corrected chi connectivity index (χ2v) is 8.93. The number of rotatable bonds is 4. The zero-order valence-corrected chi connectivity index (χ0v) is 16.4. The third-order valence-corrected chi connectivity index (χ3v) is 7.40. The number of nitrogens with one attached hydrogen (secondary N) is 1. The normalized spacial score (nSPS) is 18.7. The minimum Gasteiger partial charge on any atom is -0.497 e. The van der Waals surface area contributed by atoms with E-state index in [-0.39, 0.29) is 6.04 Å². The third kappa shape index (κ3) is 3.24. The van der Waals surface area contributed by atoms with Crippen molar-refractivity contribution in [3.8, 4) is 5.75 Å². The fourth-order valence-electron chi connectivity index (χ4n) is 3.94. The number of benzene rings is 2. The molecule has 2 heterocycles. The number of aromatic nitrogens is 1. The monoisotopic (exact) mass is 384 g/mol. The summed E-state index contributed by atoms with van der Waals surface area (Å²) in [6.45, 7) is 2.35. The van der Waals surface area contributed by atoms with Crippen LogP contribution in [0.4, 0.5) is 0 Å². The predicted octanol–water partition coefficient (Wildman–Crippen LogP) is 4.40. The zero-order valence-electron chi connectivity index (χ0n) is 15.6. The molecule has 0 radical (unpaired) electrons. The van der Waals surface area contributed by atoms with E-state index >= 15 is 0 Å². The molecule has 4 rings (SSSR count). The van der Waals surface area contributed by atoms with Gasteiger partial charge < -0.3 is 9.72 Å². The Hall–Kier alpha value is -2.31. The molecule has 1 fully saturated rings. The first-order valence-corrected chi connectivity index (χ1v) is 10.7. The van der Waals surface area contributed by atoms with Crippen molar-refractivity contribution in [2.24, 2.45) is 0 Å². The quantitative estimate of drug-likeness (QED) is 0.725. The summed E-state index contributed by atoms with van der Waals surface area (Å²) < 4.78 is 33.8. The molecule has 1 unspecified atom stereocenters. The highest BCUT2D eigenvalue weighted by Crippen LogP contribution is 2.37. The number of hydrogen-bond donors (Lipinski definition) is 1. The van der Waals surface area contributed by atoms with E-state index in [9.17, 15) is 8.42 Å². The lowest BCUT2D eigenvalue weighted by atomic mass is 10.0. The molecule has 1 aliphatic heterocycles. The second kappa shape index (κ2) is 7.02. The molecule has 0 aliphatic carbocycles. The fourth-order valence-corrected chi connectivity index (χ4v) is 5.83. The molecule has 0 spiro atoms. The highest BCUT2D eigenvalue weighted by Gasteiger charge is 2.36. The Labute approximate surface area is 160 Å². The van der Waals surface area contributed by atoms with Crippen molar-refractivity contribution in [1.82, 2.24) is 9.29 Å². The number of piperidine rings is 1. The average molecular weight is 385 g/mol. The van der Waals surface area contributed by atoms with Crippen LogP contribution in [-0.4, -0.2) is 31.4 Å². The van der Waals surface area contributed by atoms with Gasteiger partial charge in [-0.15, -0.1) is 0 Å². The molecular formula is C21H24N2O3S. The number of H-pyrrole nitrogens is 1. The minimum atomic E-state index is -3.59. The van der Waals surface area contributed by atoms with E-state index in [1.807, 2.05) is 31.2 Å². The number of methoxy groups -OCH3 is 1. The number of fused-ring (bicyclic) bond motifs is 1. The number of para-hydroxylation sites is 1. The van der Waals surface area contributed by atoms with Gasteiger partial charge >= 0.3 is 0 Å². The maximum atomic E-state index is 13.5. The summed E-state index contributed by atoms with van der Waals surface area (Å²) in [5.74, 6) is 0.664. The van der Waals surface area contributed by atoms with Crippen LogP contribution in [-0.2, 0) is 10.0 Å². The molecule has 1 atom stereocenters. The van der Waals surface area contributed by atoms with E-state index in [4.69, 9.17) is 4.74 Å². The molecule has 6 heteroatoms. The van der Waals surface area contributed by atoms with Gasteiger partial charge in [-0.3, -0.25) is 0 Å². The van der Waals surface area contributed by atoms with Gasteiger partial charge in [-0.2, -0.15) is 4.31 Å². The van der Waals surface area contributed by atoms with Gasteiger partial charge in [-0.1, -0.05) is 24.6 Å². The topological polar surface area (TPSA) is 62.4 Å². The van der Waals surface area contributed by atoms with Gasteiger partial charge in [0.05, 0.1) is 18.0 Å². The molecule has 1 N–H and O–H groups in total. The van der Waals surface area contributed by atoms with E-state index in [0.717, 1.165) is 35.9 Å². The maximum Gasteiger partial charge on any atom is 0.243 e. The van der Waals surface area contributed by atoms with Crippen molar-refractivity contribution < 1.29 is 13.2 Å². The Bertz CT molecular complexity index is 1040. The number of sulfonamides is 1. The molecule has 0 saturated carbocycles. The lowest BCUT2D eigenvalue weighted by molar-refractivity contribution is 0.252. The van der Waals surface area contributed by atoms with Gasteiger partial charge in [0, 0.05) is 17.8 Å². The van der Waals surface area contributed by atoms with E-state index < -0.39 is 10.0 Å². The molecule has 1 aromatic heterocycles. The van der Waals surface area contributed by atoms with E-state index in [0.29, 0.717) is 22.8 Å². The number of hydrogen-bond acceptors (Lipinski definition) is 3. The first kappa shape index (κ1) is 18.1. The minimum absolute atomic E-state index is 0.169. The van der Waals surface area contributed by atoms with Crippen LogP contribution in [0.1, 0.15) is 36.6 Å². The number of aromatic amines is 1. The van der Waals surface area contributed by atoms with Crippen LogP contribution >= 0.6 is 0 Å². The van der Waals surface area contributed by atoms with Crippen molar-refractivity contribution in [3.63, 3.8) is 0 Å². The lowest BCUT2D eigenvalue weighted by Gasteiger charge is -2.34. The van der Waals surface area contributed by atoms with Crippen molar-refractivity contribution >= 4 is 20.9 Å². The van der Waals surface area contributed by atoms with Crippen LogP contribution in [0.25, 0.3) is 10.9 Å². The van der Waals surface area contributed by atoms with Crippen molar-refractivity contribution in [3.05, 3.63) is 59.8 Å². The Morgan fingerprint density at radius 2 is 1.93 bits per heavy atom. The van der Waals surface area contributed by atoms with E-state index in [1.54, 1.807) is 29.6 Å². The van der Waals surface area contributed by atoms with Crippen LogP contribution in [0.5, 0.6) is 5.75 Å². The van der Waals surface area contributed by atoms with Gasteiger partial charge in [0.2, 0.25) is 10.0 Å². The summed E-state index contributed by atoms with van der Waals surface area (Å²) in [7, 11) is -2.01. The molecule has 1 saturated heterocycles. The summed E-state index contributed by atoms with van der Waals surface area (Å²) in [4.78, 5) is 3.78. The van der Waals surface area contributed by atoms with Gasteiger partial charge in [0.25, 0.3) is 0 Å². The largest absolute Gasteiger partial charge is 0.497 e. The summed E-state index contributed by atoms with van der Waals surface area (Å²) >= 11 is 0. The van der Waals surface area contributed by atoms with Crippen LogP contribution in [0.2, 0.25) is 0 Å². The fraction of sp³-hybridized carbons (Fsp3) is 0.333. The Kier molecular flexibility index (Phi) is 4.70. The number of aryl methyl sites for hydroxylation is 1. The Morgan fingerprint density at radius 1 is 1.11 bits per heavy atom. The lowest BCUT2D eigenvalue weighted by Crippen LogP contribution is -2.38. The molecule has 142 valence electrons. The predicted molar refractivity (Wildman–Crippen MR) is 107 cm³/mol. The maximum absolute atomic E-state index is 13.5. The van der Waals surface area contributed by atoms with Crippen molar-refractivity contribution in [2.45, 2.75) is 37.1 Å². The molecule has 1 aliphatic rings. The van der Waals surface area contributed by atoms with Crippen molar-refractivity contribution in [2.75, 3.05) is 13.7 Å². The molecule has 0 amide bonds. The van der Waals surface area contributed by atoms with Crippen LogP contribution in [0.3, 0.4) is 0 Å². The van der Waals surface area contributed by atoms with E-state index in [2.05, 4.69) is 11.1 Å². The standard InChI is InChI=1S/C21H24N2O3S/c1-15-13-17(26-2)10-11-21(15)27(24,25)23-12-6-5-9-20(23)19-14-16-7-3-4-8-18(16)22-19/h3-4,7-8,10-11,13-14,20,22H,5-6,9,12H2,1-2H3. The number of ether oxygens (including phenoxy) is 1. The molecular weight excluding hydrogens is 360 g/mol. The van der Waals surface area contributed by atoms with Crippen LogP contribution in [0.15, 0.2) is 53.4 Å². The van der Waals surface area contributed by atoms with Gasteiger partial charge in [-0.05, 0) is 61.0 Å². The molecule has 2 aromatic carbocycles. The summed E-state index contributed by atoms with van der Waals surface area (Å²) in [6.07, 6.45) is 2.72. The van der Waals surface area contributed by atoms with E-state index in [1.165, 1.54) is 0 Å². The van der Waals surface area contributed by atoms with Crippen molar-refractivity contribution in [1.29, 1.82) is 0 Å². The zero-order chi connectivity index (χ0) is 19.0. The molecule has 3 aromatic rings. The smallest absolute Gasteiger partial charge is 0.243 e. The summed E-state index contributed by atoms with van der Waals surface area (Å²) in [5, 5.41) is 1.11. The highest BCUT2D eigenvalue weighted by atomic mass is 32.2. The second-order valence-electron chi connectivity index (χ2n) is 7.07. The van der Waals surface area contributed by atoms with Gasteiger partial charge in [0.1, 0.15) is 5.75 Å². The molecule has 27 heavy (non-hydrogen) atoms. The Balaban J connectivity index is 1.75. The third-order valence-electron chi connectivity index (χ3n) is 5.33. The summed E-state index contributed by atoms with van der Waals surface area (Å²) in [5.41, 5.74) is 2.71. The molecule has 5 nitrogen and oxygen atoms in total.